The summed E-state index contributed by atoms with van der Waals surface area (Å²) in [6.45, 7) is 4.47. The van der Waals surface area contributed by atoms with Crippen LogP contribution >= 0.6 is 0 Å². The van der Waals surface area contributed by atoms with Crippen LogP contribution in [0.4, 0.5) is 0 Å². The van der Waals surface area contributed by atoms with E-state index in [4.69, 9.17) is 15.7 Å². The molecule has 0 saturated heterocycles. The Balaban J connectivity index is 2.19. The maximum atomic E-state index is 8.75. The van der Waals surface area contributed by atoms with E-state index in [0.29, 0.717) is 13.0 Å². The van der Waals surface area contributed by atoms with Crippen LogP contribution in [0.3, 0.4) is 0 Å². The smallest absolute Gasteiger partial charge is 0.119 e. The van der Waals surface area contributed by atoms with Crippen LogP contribution in [0.5, 0.6) is 5.75 Å². The molecule has 0 aliphatic rings. The first-order chi connectivity index (χ1) is 8.03. The molecule has 0 radical (unpaired) electrons. The number of hydrogen-bond acceptors (Lipinski definition) is 3. The Morgan fingerprint density at radius 2 is 2.18 bits per heavy atom. The second kappa shape index (κ2) is 6.27. The van der Waals surface area contributed by atoms with E-state index in [-0.39, 0.29) is 0 Å². The topological polar surface area (TPSA) is 59.0 Å². The summed E-state index contributed by atoms with van der Waals surface area (Å²) in [5, 5.41) is 8.75. The fraction of sp³-hybridized carbons (Fsp3) is 0.500. The van der Waals surface area contributed by atoms with Gasteiger partial charge in [-0.1, -0.05) is 12.1 Å². The Labute approximate surface area is 103 Å². The van der Waals surface area contributed by atoms with Crippen LogP contribution in [0, 0.1) is 18.3 Å². The predicted molar refractivity (Wildman–Crippen MR) is 68.7 cm³/mol. The van der Waals surface area contributed by atoms with Gasteiger partial charge in [0.15, 0.2) is 0 Å². The molecule has 92 valence electrons. The van der Waals surface area contributed by atoms with Crippen molar-refractivity contribution in [3.63, 3.8) is 0 Å². The molecule has 0 amide bonds. The Bertz CT molecular complexity index is 393. The molecule has 1 unspecified atom stereocenters. The molecular formula is C14H20N2O. The molecular weight excluding hydrogens is 212 g/mol. The summed E-state index contributed by atoms with van der Waals surface area (Å²) in [7, 11) is 0. The van der Waals surface area contributed by atoms with E-state index in [2.05, 4.69) is 6.07 Å². The number of ether oxygens (including phenoxy) is 1. The standard InChI is InChI=1S/C14H20N2O/c1-12-6-5-7-13(10-12)17-9-4-3-8-14(2,16)11-15/h5-7,10H,3-4,8-9,16H2,1-2H3. The summed E-state index contributed by atoms with van der Waals surface area (Å²) >= 11 is 0. The second-order valence-electron chi connectivity index (χ2n) is 4.65. The molecule has 0 aromatic heterocycles. The number of nitrogens with two attached hydrogens (primary N) is 1. The van der Waals surface area contributed by atoms with Gasteiger partial charge in [0, 0.05) is 0 Å². The van der Waals surface area contributed by atoms with Crippen LogP contribution in [0.15, 0.2) is 24.3 Å². The summed E-state index contributed by atoms with van der Waals surface area (Å²) in [6.07, 6.45) is 2.54. The average molecular weight is 232 g/mol. The van der Waals surface area contributed by atoms with E-state index in [9.17, 15) is 0 Å². The number of rotatable bonds is 6. The van der Waals surface area contributed by atoms with Crippen LogP contribution in [0.2, 0.25) is 0 Å². The Morgan fingerprint density at radius 1 is 1.41 bits per heavy atom. The molecule has 0 bridgehead atoms. The van der Waals surface area contributed by atoms with Crippen molar-refractivity contribution in [2.75, 3.05) is 6.61 Å². The zero-order chi connectivity index (χ0) is 12.7. The summed E-state index contributed by atoms with van der Waals surface area (Å²) < 4.78 is 5.61. The number of nitriles is 1. The van der Waals surface area contributed by atoms with E-state index in [1.54, 1.807) is 6.92 Å². The molecule has 0 saturated carbocycles. The SMILES string of the molecule is Cc1cccc(OCCCCC(C)(N)C#N)c1. The van der Waals surface area contributed by atoms with E-state index < -0.39 is 5.54 Å². The molecule has 1 rings (SSSR count). The lowest BCUT2D eigenvalue weighted by molar-refractivity contribution is 0.300. The monoisotopic (exact) mass is 232 g/mol. The van der Waals surface area contributed by atoms with Crippen molar-refractivity contribution in [2.24, 2.45) is 5.73 Å². The highest BCUT2D eigenvalue weighted by Gasteiger charge is 2.15. The van der Waals surface area contributed by atoms with Gasteiger partial charge >= 0.3 is 0 Å². The van der Waals surface area contributed by atoms with Crippen LogP contribution < -0.4 is 10.5 Å². The summed E-state index contributed by atoms with van der Waals surface area (Å²) in [5.74, 6) is 0.904. The van der Waals surface area contributed by atoms with E-state index in [1.807, 2.05) is 31.2 Å². The minimum absolute atomic E-state index is 0.672. The molecule has 1 atom stereocenters. The van der Waals surface area contributed by atoms with Crippen molar-refractivity contribution >= 4 is 0 Å². The Morgan fingerprint density at radius 3 is 2.82 bits per heavy atom. The molecule has 0 spiro atoms. The summed E-state index contributed by atoms with van der Waals surface area (Å²) in [4.78, 5) is 0. The van der Waals surface area contributed by atoms with Crippen LogP contribution in [-0.4, -0.2) is 12.1 Å². The highest BCUT2D eigenvalue weighted by atomic mass is 16.5. The van der Waals surface area contributed by atoms with Crippen molar-refractivity contribution in [3.8, 4) is 11.8 Å². The lowest BCUT2D eigenvalue weighted by atomic mass is 9.98. The fourth-order valence-corrected chi connectivity index (χ4v) is 1.55. The van der Waals surface area contributed by atoms with Crippen molar-refractivity contribution in [3.05, 3.63) is 29.8 Å². The maximum absolute atomic E-state index is 8.75. The van der Waals surface area contributed by atoms with Gasteiger partial charge in [0.1, 0.15) is 11.3 Å². The Hall–Kier alpha value is -1.53. The van der Waals surface area contributed by atoms with Crippen molar-refractivity contribution in [2.45, 2.75) is 38.6 Å². The molecule has 2 N–H and O–H groups in total. The second-order valence-corrected chi connectivity index (χ2v) is 4.65. The van der Waals surface area contributed by atoms with Gasteiger partial charge in [-0.15, -0.1) is 0 Å². The minimum Gasteiger partial charge on any atom is -0.494 e. The van der Waals surface area contributed by atoms with Crippen LogP contribution in [0.1, 0.15) is 31.7 Å². The summed E-state index contributed by atoms with van der Waals surface area (Å²) in [5.41, 5.74) is 6.22. The highest BCUT2D eigenvalue weighted by Crippen LogP contribution is 2.14. The van der Waals surface area contributed by atoms with Gasteiger partial charge in [0.2, 0.25) is 0 Å². The molecule has 0 aliphatic carbocycles. The normalized spacial score (nSPS) is 13.8. The molecule has 17 heavy (non-hydrogen) atoms. The van der Waals surface area contributed by atoms with Gasteiger partial charge in [-0.25, -0.2) is 0 Å². The predicted octanol–water partition coefficient (Wildman–Crippen LogP) is 2.79. The molecule has 1 aromatic rings. The van der Waals surface area contributed by atoms with E-state index in [1.165, 1.54) is 5.56 Å². The third-order valence-corrected chi connectivity index (χ3v) is 2.60. The molecule has 1 aromatic carbocycles. The quantitative estimate of drug-likeness (QED) is 0.767. The zero-order valence-electron chi connectivity index (χ0n) is 10.6. The lowest BCUT2D eigenvalue weighted by Gasteiger charge is -2.14. The van der Waals surface area contributed by atoms with Crippen molar-refractivity contribution < 1.29 is 4.74 Å². The van der Waals surface area contributed by atoms with E-state index >= 15 is 0 Å². The highest BCUT2D eigenvalue weighted by molar-refractivity contribution is 5.27. The number of aryl methyl sites for hydroxylation is 1. The van der Waals surface area contributed by atoms with Crippen molar-refractivity contribution in [1.82, 2.24) is 0 Å². The number of unbranched alkanes of at least 4 members (excludes halogenated alkanes) is 1. The van der Waals surface area contributed by atoms with Crippen LogP contribution in [-0.2, 0) is 0 Å². The first kappa shape index (κ1) is 13.5. The van der Waals surface area contributed by atoms with Gasteiger partial charge in [0.05, 0.1) is 12.7 Å². The zero-order valence-corrected chi connectivity index (χ0v) is 10.6. The number of nitrogens with zero attached hydrogens (tertiary/aromatic N) is 1. The molecule has 0 fully saturated rings. The van der Waals surface area contributed by atoms with E-state index in [0.717, 1.165) is 18.6 Å². The third-order valence-electron chi connectivity index (χ3n) is 2.60. The summed E-state index contributed by atoms with van der Waals surface area (Å²) in [6, 6.07) is 10.1. The lowest BCUT2D eigenvalue weighted by Crippen LogP contribution is -2.33. The first-order valence-electron chi connectivity index (χ1n) is 5.93. The van der Waals surface area contributed by atoms with Gasteiger partial charge in [-0.05, 0) is 50.8 Å². The molecule has 3 nitrogen and oxygen atoms in total. The maximum Gasteiger partial charge on any atom is 0.119 e. The number of hydrogen-bond donors (Lipinski definition) is 1. The number of benzene rings is 1. The minimum atomic E-state index is -0.705. The van der Waals surface area contributed by atoms with Crippen LogP contribution in [0.25, 0.3) is 0 Å². The molecule has 0 heterocycles. The van der Waals surface area contributed by atoms with Gasteiger partial charge in [-0.3, -0.25) is 0 Å². The van der Waals surface area contributed by atoms with Crippen molar-refractivity contribution in [1.29, 1.82) is 5.26 Å². The fourth-order valence-electron chi connectivity index (χ4n) is 1.55. The Kier molecular flexibility index (Phi) is 4.99. The van der Waals surface area contributed by atoms with Gasteiger partial charge in [-0.2, -0.15) is 5.26 Å². The molecule has 3 heteroatoms. The van der Waals surface area contributed by atoms with Gasteiger partial charge in [0.25, 0.3) is 0 Å². The van der Waals surface area contributed by atoms with Gasteiger partial charge < -0.3 is 10.5 Å². The first-order valence-corrected chi connectivity index (χ1v) is 5.93. The average Bonchev–Trinajstić information content (AvgIpc) is 2.29. The third kappa shape index (κ3) is 5.37. The molecule has 0 aliphatic heterocycles. The largest absolute Gasteiger partial charge is 0.494 e.